The Morgan fingerprint density at radius 1 is 1.28 bits per heavy atom. The first-order valence-electron chi connectivity index (χ1n) is 9.19. The van der Waals surface area contributed by atoms with Crippen LogP contribution in [0.4, 0.5) is 4.39 Å². The van der Waals surface area contributed by atoms with Crippen LogP contribution < -0.4 is 14.8 Å². The Balaban J connectivity index is 2.04. The van der Waals surface area contributed by atoms with E-state index < -0.39 is 17.3 Å². The first-order valence-corrected chi connectivity index (χ1v) is 10.0. The fourth-order valence-electron chi connectivity index (χ4n) is 2.86. The minimum absolute atomic E-state index is 0.186. The molecule has 9 heteroatoms. The van der Waals surface area contributed by atoms with Crippen LogP contribution in [0.3, 0.4) is 0 Å². The number of aromatic nitrogens is 1. The quantitative estimate of drug-likeness (QED) is 0.641. The second-order valence-electron chi connectivity index (χ2n) is 6.25. The molecule has 2 aromatic rings. The number of rotatable bonds is 5. The van der Waals surface area contributed by atoms with Gasteiger partial charge in [0.15, 0.2) is 0 Å². The molecule has 1 fully saturated rings. The standard InChI is InChI=1S/C20H21FN2O5S/c1-2-28-19(25)12-18-23(13-17(24)22-7-9-27-10-8-22)20(26)16(29-18)11-14-5-3-4-6-15(14)21/h3-6,11-12H,2,7-10,13H2,1H3/b16-11-,18-12-. The minimum atomic E-state index is -0.612. The zero-order valence-corrected chi connectivity index (χ0v) is 16.7. The number of hydrogen-bond donors (Lipinski definition) is 0. The molecule has 0 bridgehead atoms. The number of thiazole rings is 1. The third kappa shape index (κ3) is 5.18. The molecule has 0 unspecified atom stereocenters. The SMILES string of the molecule is CCOC(=O)/C=c1\s/c(=C\c2ccccc2F)c(=O)n1CC(=O)N1CCOCC1. The van der Waals surface area contributed by atoms with E-state index in [1.165, 1.54) is 22.8 Å². The first-order chi connectivity index (χ1) is 14.0. The van der Waals surface area contributed by atoms with Crippen LogP contribution in [0, 0.1) is 5.82 Å². The predicted molar refractivity (Wildman–Crippen MR) is 106 cm³/mol. The van der Waals surface area contributed by atoms with Crippen molar-refractivity contribution in [1.82, 2.24) is 9.47 Å². The van der Waals surface area contributed by atoms with E-state index in [-0.39, 0.29) is 33.8 Å². The maximum absolute atomic E-state index is 14.0. The molecular weight excluding hydrogens is 399 g/mol. The summed E-state index contributed by atoms with van der Waals surface area (Å²) in [5.74, 6) is -1.32. The molecule has 1 aliphatic rings. The molecule has 1 aromatic heterocycles. The number of esters is 1. The number of halogens is 1. The maximum Gasteiger partial charge on any atom is 0.333 e. The van der Waals surface area contributed by atoms with Gasteiger partial charge in [-0.25, -0.2) is 9.18 Å². The predicted octanol–water partition coefficient (Wildman–Crippen LogP) is 0.0801. The summed E-state index contributed by atoms with van der Waals surface area (Å²) in [7, 11) is 0. The average molecular weight is 420 g/mol. The van der Waals surface area contributed by atoms with Crippen molar-refractivity contribution >= 4 is 35.4 Å². The Morgan fingerprint density at radius 3 is 2.69 bits per heavy atom. The van der Waals surface area contributed by atoms with Gasteiger partial charge in [-0.2, -0.15) is 0 Å². The summed E-state index contributed by atoms with van der Waals surface area (Å²) in [5.41, 5.74) is -0.212. The van der Waals surface area contributed by atoms with Crippen LogP contribution in [-0.2, 0) is 25.6 Å². The lowest BCUT2D eigenvalue weighted by atomic mass is 10.2. The molecule has 0 spiro atoms. The van der Waals surface area contributed by atoms with Crippen LogP contribution in [0.2, 0.25) is 0 Å². The maximum atomic E-state index is 14.0. The molecule has 2 heterocycles. The molecule has 0 saturated carbocycles. The number of amides is 1. The summed E-state index contributed by atoms with van der Waals surface area (Å²) < 4.78 is 25.9. The summed E-state index contributed by atoms with van der Waals surface area (Å²) in [4.78, 5) is 39.1. The molecule has 0 atom stereocenters. The Bertz CT molecular complexity index is 1070. The number of ether oxygens (including phenoxy) is 2. The van der Waals surface area contributed by atoms with E-state index in [1.54, 1.807) is 30.0 Å². The average Bonchev–Trinajstić information content (AvgIpc) is 2.99. The summed E-state index contributed by atoms with van der Waals surface area (Å²) in [6.45, 7) is 3.42. The van der Waals surface area contributed by atoms with Gasteiger partial charge in [-0.3, -0.25) is 14.2 Å². The van der Waals surface area contributed by atoms with E-state index in [4.69, 9.17) is 9.47 Å². The van der Waals surface area contributed by atoms with E-state index in [2.05, 4.69) is 0 Å². The van der Waals surface area contributed by atoms with Crippen LogP contribution in [0.1, 0.15) is 12.5 Å². The second-order valence-corrected chi connectivity index (χ2v) is 7.31. The highest BCUT2D eigenvalue weighted by Gasteiger charge is 2.19. The molecule has 1 aliphatic heterocycles. The number of carbonyl (C=O) groups is 2. The van der Waals surface area contributed by atoms with Gasteiger partial charge >= 0.3 is 5.97 Å². The van der Waals surface area contributed by atoms with E-state index >= 15 is 0 Å². The van der Waals surface area contributed by atoms with Gasteiger partial charge in [0.2, 0.25) is 5.91 Å². The Hall–Kier alpha value is -2.78. The number of nitrogens with zero attached hydrogens (tertiary/aromatic N) is 2. The third-order valence-corrected chi connectivity index (χ3v) is 5.37. The van der Waals surface area contributed by atoms with Gasteiger partial charge in [0.25, 0.3) is 5.56 Å². The first kappa shape index (κ1) is 20.9. The normalized spacial score (nSPS) is 15.6. The Morgan fingerprint density at radius 2 is 2.00 bits per heavy atom. The van der Waals surface area contributed by atoms with Crippen molar-refractivity contribution in [3.63, 3.8) is 0 Å². The van der Waals surface area contributed by atoms with Crippen molar-refractivity contribution in [1.29, 1.82) is 0 Å². The molecule has 1 amide bonds. The van der Waals surface area contributed by atoms with Gasteiger partial charge in [0.05, 0.1) is 30.4 Å². The van der Waals surface area contributed by atoms with E-state index in [9.17, 15) is 18.8 Å². The lowest BCUT2D eigenvalue weighted by Crippen LogP contribution is -2.45. The molecule has 1 aromatic carbocycles. The topological polar surface area (TPSA) is 77.8 Å². The number of benzene rings is 1. The third-order valence-electron chi connectivity index (χ3n) is 4.31. The molecular formula is C20H21FN2O5S. The van der Waals surface area contributed by atoms with Gasteiger partial charge in [0.1, 0.15) is 17.0 Å². The summed E-state index contributed by atoms with van der Waals surface area (Å²) in [5, 5.41) is 0. The zero-order valence-electron chi connectivity index (χ0n) is 15.9. The van der Waals surface area contributed by atoms with Gasteiger partial charge in [-0.1, -0.05) is 18.2 Å². The molecule has 29 heavy (non-hydrogen) atoms. The van der Waals surface area contributed by atoms with Crippen molar-refractivity contribution in [3.8, 4) is 0 Å². The monoisotopic (exact) mass is 420 g/mol. The van der Waals surface area contributed by atoms with E-state index in [1.807, 2.05) is 0 Å². The molecule has 0 aliphatic carbocycles. The highest BCUT2D eigenvalue weighted by Crippen LogP contribution is 2.06. The number of hydrogen-bond acceptors (Lipinski definition) is 6. The largest absolute Gasteiger partial charge is 0.463 e. The fraction of sp³-hybridized carbons (Fsp3) is 0.350. The van der Waals surface area contributed by atoms with Gasteiger partial charge in [-0.05, 0) is 19.1 Å². The lowest BCUT2D eigenvalue weighted by molar-refractivity contribution is -0.136. The minimum Gasteiger partial charge on any atom is -0.463 e. The van der Waals surface area contributed by atoms with Crippen molar-refractivity contribution in [2.24, 2.45) is 0 Å². The summed E-state index contributed by atoms with van der Waals surface area (Å²) in [6.07, 6.45) is 2.60. The van der Waals surface area contributed by atoms with Gasteiger partial charge in [0, 0.05) is 18.7 Å². The van der Waals surface area contributed by atoms with Gasteiger partial charge < -0.3 is 14.4 Å². The van der Waals surface area contributed by atoms with Crippen LogP contribution in [0.15, 0.2) is 29.1 Å². The molecule has 1 saturated heterocycles. The smallest absolute Gasteiger partial charge is 0.333 e. The highest BCUT2D eigenvalue weighted by molar-refractivity contribution is 7.07. The van der Waals surface area contributed by atoms with Crippen LogP contribution in [-0.4, -0.2) is 54.3 Å². The second kappa shape index (κ2) is 9.62. The zero-order chi connectivity index (χ0) is 20.8. The van der Waals surface area contributed by atoms with Crippen molar-refractivity contribution < 1.29 is 23.5 Å². The van der Waals surface area contributed by atoms with Crippen LogP contribution in [0.25, 0.3) is 12.2 Å². The fourth-order valence-corrected chi connectivity index (χ4v) is 3.88. The van der Waals surface area contributed by atoms with Gasteiger partial charge in [-0.15, -0.1) is 11.3 Å². The van der Waals surface area contributed by atoms with Crippen molar-refractivity contribution in [3.05, 3.63) is 55.2 Å². The number of carbonyl (C=O) groups excluding carboxylic acids is 2. The molecule has 3 rings (SSSR count). The molecule has 7 nitrogen and oxygen atoms in total. The van der Waals surface area contributed by atoms with E-state index in [0.29, 0.717) is 26.3 Å². The Labute approximate surface area is 170 Å². The lowest BCUT2D eigenvalue weighted by Gasteiger charge is -2.26. The number of morpholine rings is 1. The van der Waals surface area contributed by atoms with Crippen LogP contribution >= 0.6 is 11.3 Å². The molecule has 154 valence electrons. The molecule has 0 N–H and O–H groups in total. The van der Waals surface area contributed by atoms with Crippen molar-refractivity contribution in [2.75, 3.05) is 32.9 Å². The molecule has 0 radical (unpaired) electrons. The van der Waals surface area contributed by atoms with Crippen molar-refractivity contribution in [2.45, 2.75) is 13.5 Å². The van der Waals surface area contributed by atoms with E-state index in [0.717, 1.165) is 11.3 Å². The highest BCUT2D eigenvalue weighted by atomic mass is 32.1. The Kier molecular flexibility index (Phi) is 6.95. The van der Waals surface area contributed by atoms with Crippen LogP contribution in [0.5, 0.6) is 0 Å². The summed E-state index contributed by atoms with van der Waals surface area (Å²) in [6, 6.07) is 6.06. The summed E-state index contributed by atoms with van der Waals surface area (Å²) >= 11 is 1.01.